The monoisotopic (exact) mass is 335 g/mol. The molecule has 0 bridgehead atoms. The van der Waals surface area contributed by atoms with Crippen LogP contribution in [0.15, 0.2) is 48.7 Å². The number of nitrogens with zero attached hydrogens (tertiary/aromatic N) is 2. The summed E-state index contributed by atoms with van der Waals surface area (Å²) in [7, 11) is 0. The van der Waals surface area contributed by atoms with Crippen LogP contribution in [-0.2, 0) is 0 Å². The van der Waals surface area contributed by atoms with Gasteiger partial charge in [-0.2, -0.15) is 5.10 Å². The van der Waals surface area contributed by atoms with Crippen LogP contribution in [0.3, 0.4) is 0 Å². The van der Waals surface area contributed by atoms with Crippen molar-refractivity contribution in [3.8, 4) is 5.69 Å². The number of rotatable bonds is 1. The largest absolute Gasteiger partial charge is 0.398 e. The highest BCUT2D eigenvalue weighted by atomic mass is 127. The fourth-order valence-corrected chi connectivity index (χ4v) is 2.50. The maximum Gasteiger partial charge on any atom is 0.0786 e. The first-order chi connectivity index (χ1) is 8.27. The van der Waals surface area contributed by atoms with E-state index in [1.54, 1.807) is 0 Å². The molecule has 0 atom stereocenters. The summed E-state index contributed by atoms with van der Waals surface area (Å²) in [6.45, 7) is 0. The van der Waals surface area contributed by atoms with Crippen molar-refractivity contribution in [2.75, 3.05) is 5.73 Å². The Hall–Kier alpha value is -1.56. The van der Waals surface area contributed by atoms with Crippen molar-refractivity contribution in [3.63, 3.8) is 0 Å². The van der Waals surface area contributed by atoms with E-state index in [1.165, 1.54) is 0 Å². The van der Waals surface area contributed by atoms with Crippen LogP contribution in [0.2, 0.25) is 0 Å². The van der Waals surface area contributed by atoms with Crippen LogP contribution in [0.1, 0.15) is 0 Å². The molecule has 84 valence electrons. The van der Waals surface area contributed by atoms with E-state index in [0.717, 1.165) is 25.8 Å². The van der Waals surface area contributed by atoms with E-state index in [4.69, 9.17) is 5.73 Å². The molecular formula is C13H10IN3. The van der Waals surface area contributed by atoms with Crippen LogP contribution < -0.4 is 5.73 Å². The average molecular weight is 335 g/mol. The number of para-hydroxylation sites is 1. The summed E-state index contributed by atoms with van der Waals surface area (Å²) in [4.78, 5) is 0. The Labute approximate surface area is 112 Å². The Balaban J connectivity index is 2.33. The number of aromatic nitrogens is 2. The molecule has 0 unspecified atom stereocenters. The molecule has 3 aromatic rings. The number of benzene rings is 2. The van der Waals surface area contributed by atoms with Gasteiger partial charge in [0.25, 0.3) is 0 Å². The molecular weight excluding hydrogens is 325 g/mol. The van der Waals surface area contributed by atoms with Crippen LogP contribution >= 0.6 is 22.6 Å². The molecule has 1 aromatic heterocycles. The van der Waals surface area contributed by atoms with Crippen LogP contribution in [-0.4, -0.2) is 9.78 Å². The van der Waals surface area contributed by atoms with Crippen molar-refractivity contribution in [1.29, 1.82) is 0 Å². The van der Waals surface area contributed by atoms with E-state index in [9.17, 15) is 0 Å². The molecule has 4 heteroatoms. The third kappa shape index (κ3) is 1.68. The molecule has 1 heterocycles. The van der Waals surface area contributed by atoms with Gasteiger partial charge in [-0.1, -0.05) is 18.2 Å². The van der Waals surface area contributed by atoms with Crippen LogP contribution in [0.5, 0.6) is 0 Å². The molecule has 2 N–H and O–H groups in total. The van der Waals surface area contributed by atoms with Crippen LogP contribution in [0.25, 0.3) is 16.6 Å². The van der Waals surface area contributed by atoms with E-state index in [1.807, 2.05) is 41.2 Å². The van der Waals surface area contributed by atoms with Gasteiger partial charge in [0, 0.05) is 14.6 Å². The van der Waals surface area contributed by atoms with Gasteiger partial charge in [0.15, 0.2) is 0 Å². The summed E-state index contributed by atoms with van der Waals surface area (Å²) in [5.74, 6) is 0. The van der Waals surface area contributed by atoms with Crippen molar-refractivity contribution in [2.45, 2.75) is 0 Å². The molecule has 0 aliphatic carbocycles. The fourth-order valence-electron chi connectivity index (χ4n) is 1.89. The van der Waals surface area contributed by atoms with Gasteiger partial charge in [-0.05, 0) is 46.9 Å². The summed E-state index contributed by atoms with van der Waals surface area (Å²) in [5, 5.41) is 5.41. The van der Waals surface area contributed by atoms with Crippen LogP contribution in [0, 0.1) is 3.57 Å². The van der Waals surface area contributed by atoms with Gasteiger partial charge in [-0.3, -0.25) is 0 Å². The third-order valence-corrected chi connectivity index (χ3v) is 3.64. The molecule has 17 heavy (non-hydrogen) atoms. The Morgan fingerprint density at radius 2 is 1.88 bits per heavy atom. The normalized spacial score (nSPS) is 10.9. The maximum atomic E-state index is 5.93. The number of nitrogens with two attached hydrogens (primary N) is 1. The molecule has 0 saturated heterocycles. The lowest BCUT2D eigenvalue weighted by Gasteiger charge is -2.06. The van der Waals surface area contributed by atoms with Crippen molar-refractivity contribution >= 4 is 39.2 Å². The molecule has 0 spiro atoms. The number of fused-ring (bicyclic) bond motifs is 1. The molecule has 3 nitrogen and oxygen atoms in total. The summed E-state index contributed by atoms with van der Waals surface area (Å²) in [6, 6.07) is 14.0. The highest BCUT2D eigenvalue weighted by Gasteiger charge is 2.08. The number of halogens is 1. The predicted molar refractivity (Wildman–Crippen MR) is 78.2 cm³/mol. The first-order valence-electron chi connectivity index (χ1n) is 5.24. The Morgan fingerprint density at radius 3 is 2.71 bits per heavy atom. The minimum Gasteiger partial charge on any atom is -0.398 e. The fraction of sp³-hybridized carbons (Fsp3) is 0. The number of hydrogen-bond donors (Lipinski definition) is 1. The molecule has 3 rings (SSSR count). The highest BCUT2D eigenvalue weighted by Crippen LogP contribution is 2.25. The lowest BCUT2D eigenvalue weighted by atomic mass is 10.2. The van der Waals surface area contributed by atoms with Gasteiger partial charge >= 0.3 is 0 Å². The van der Waals surface area contributed by atoms with Gasteiger partial charge in [-0.15, -0.1) is 0 Å². The van der Waals surface area contributed by atoms with E-state index in [0.29, 0.717) is 0 Å². The SMILES string of the molecule is Nc1cccc2c1cnn2-c1ccccc1I. The summed E-state index contributed by atoms with van der Waals surface area (Å²) >= 11 is 2.31. The van der Waals surface area contributed by atoms with E-state index in [-0.39, 0.29) is 0 Å². The van der Waals surface area contributed by atoms with Gasteiger partial charge in [0.1, 0.15) is 0 Å². The van der Waals surface area contributed by atoms with E-state index < -0.39 is 0 Å². The van der Waals surface area contributed by atoms with Crippen molar-refractivity contribution in [3.05, 3.63) is 52.2 Å². The number of nitrogen functional groups attached to an aromatic ring is 1. The minimum atomic E-state index is 0.764. The predicted octanol–water partition coefficient (Wildman–Crippen LogP) is 3.21. The standard InChI is InChI=1S/C13H10IN3/c14-10-4-1-2-6-13(10)17-12-7-3-5-11(15)9(12)8-16-17/h1-8H,15H2. The second-order valence-electron chi connectivity index (χ2n) is 3.79. The van der Waals surface area contributed by atoms with Gasteiger partial charge in [0.05, 0.1) is 17.4 Å². The molecule has 0 aliphatic heterocycles. The topological polar surface area (TPSA) is 43.8 Å². The van der Waals surface area contributed by atoms with E-state index in [2.05, 4.69) is 39.8 Å². The molecule has 0 radical (unpaired) electrons. The highest BCUT2D eigenvalue weighted by molar-refractivity contribution is 14.1. The van der Waals surface area contributed by atoms with Crippen LogP contribution in [0.4, 0.5) is 5.69 Å². The quantitative estimate of drug-likeness (QED) is 0.548. The summed E-state index contributed by atoms with van der Waals surface area (Å²) in [5.41, 5.74) is 8.81. The van der Waals surface area contributed by atoms with Crippen molar-refractivity contribution in [1.82, 2.24) is 9.78 Å². The number of hydrogen-bond acceptors (Lipinski definition) is 2. The second kappa shape index (κ2) is 4.03. The number of anilines is 1. The Morgan fingerprint density at radius 1 is 1.06 bits per heavy atom. The summed E-state index contributed by atoms with van der Waals surface area (Å²) < 4.78 is 3.09. The Kier molecular flexibility index (Phi) is 2.51. The van der Waals surface area contributed by atoms with Crippen molar-refractivity contribution in [2.24, 2.45) is 0 Å². The molecule has 0 fully saturated rings. The molecule has 0 amide bonds. The molecule has 0 aliphatic rings. The third-order valence-electron chi connectivity index (χ3n) is 2.73. The van der Waals surface area contributed by atoms with Gasteiger partial charge < -0.3 is 5.73 Å². The average Bonchev–Trinajstić information content (AvgIpc) is 2.75. The van der Waals surface area contributed by atoms with Crippen molar-refractivity contribution < 1.29 is 0 Å². The minimum absolute atomic E-state index is 0.764. The zero-order valence-corrected chi connectivity index (χ0v) is 11.1. The first kappa shape index (κ1) is 10.6. The van der Waals surface area contributed by atoms with E-state index >= 15 is 0 Å². The molecule has 0 saturated carbocycles. The molecule has 2 aromatic carbocycles. The Bertz CT molecular complexity index is 688. The smallest absolute Gasteiger partial charge is 0.0786 e. The lowest BCUT2D eigenvalue weighted by Crippen LogP contribution is -1.98. The first-order valence-corrected chi connectivity index (χ1v) is 6.32. The maximum absolute atomic E-state index is 5.93. The zero-order valence-electron chi connectivity index (χ0n) is 8.97. The van der Waals surface area contributed by atoms with Gasteiger partial charge in [-0.25, -0.2) is 4.68 Å². The zero-order chi connectivity index (χ0) is 11.8. The lowest BCUT2D eigenvalue weighted by molar-refractivity contribution is 0.905. The summed E-state index contributed by atoms with van der Waals surface area (Å²) in [6.07, 6.45) is 1.81. The second-order valence-corrected chi connectivity index (χ2v) is 4.95. The van der Waals surface area contributed by atoms with Gasteiger partial charge in [0.2, 0.25) is 0 Å².